The third-order valence-corrected chi connectivity index (χ3v) is 4.44. The number of unbranched alkanes of at least 4 members (excludes halogenated alkanes) is 8. The molecule has 31 heavy (non-hydrogen) atoms. The topological polar surface area (TPSA) is 84.5 Å². The Morgan fingerprint density at radius 1 is 0.742 bits per heavy atom. The molecule has 0 aromatic heterocycles. The monoisotopic (exact) mass is 460 g/mol. The summed E-state index contributed by atoms with van der Waals surface area (Å²) in [7, 11) is 0. The Balaban J connectivity index is 3.67. The first kappa shape index (κ1) is 29.1. The first-order valence-corrected chi connectivity index (χ1v) is 10.7. The van der Waals surface area contributed by atoms with Gasteiger partial charge in [0, 0.05) is 19.5 Å². The van der Waals surface area contributed by atoms with Crippen molar-refractivity contribution in [3.05, 3.63) is 0 Å². The second-order valence-corrected chi connectivity index (χ2v) is 7.23. The van der Waals surface area contributed by atoms with Crippen LogP contribution in [0.1, 0.15) is 77.6 Å². The average Bonchev–Trinajstić information content (AvgIpc) is 2.68. The smallest absolute Gasteiger partial charge is 0.463 e. The van der Waals surface area contributed by atoms with E-state index in [9.17, 15) is 36.3 Å². The molecule has 0 bridgehead atoms. The Morgan fingerprint density at radius 2 is 1.26 bits per heavy atom. The van der Waals surface area contributed by atoms with Crippen LogP contribution >= 0.6 is 0 Å². The van der Waals surface area contributed by atoms with Gasteiger partial charge in [0.1, 0.15) is 0 Å². The Labute approximate surface area is 179 Å². The molecule has 2 N–H and O–H groups in total. The van der Waals surface area contributed by atoms with Gasteiger partial charge in [0.05, 0.1) is 13.0 Å². The fourth-order valence-electron chi connectivity index (χ4n) is 2.59. The van der Waals surface area contributed by atoms with Gasteiger partial charge in [0.25, 0.3) is 5.91 Å². The van der Waals surface area contributed by atoms with Gasteiger partial charge < -0.3 is 15.4 Å². The van der Waals surface area contributed by atoms with Gasteiger partial charge in [0.15, 0.2) is 0 Å². The van der Waals surface area contributed by atoms with Gasteiger partial charge in [-0.25, -0.2) is 0 Å². The van der Waals surface area contributed by atoms with Crippen LogP contribution < -0.4 is 10.6 Å². The number of alkyl halides is 5. The molecule has 0 aliphatic carbocycles. The summed E-state index contributed by atoms with van der Waals surface area (Å²) in [6.07, 6.45) is 3.61. The maximum absolute atomic E-state index is 12.7. The van der Waals surface area contributed by atoms with Gasteiger partial charge in [-0.05, 0) is 6.42 Å². The van der Waals surface area contributed by atoms with Gasteiger partial charge in [-0.3, -0.25) is 14.4 Å². The molecule has 0 unspecified atom stereocenters. The lowest BCUT2D eigenvalue weighted by molar-refractivity contribution is -0.269. The molecule has 0 heterocycles. The zero-order chi connectivity index (χ0) is 23.8. The Kier molecular flexibility index (Phi) is 14.8. The Bertz CT molecular complexity index is 542. The van der Waals surface area contributed by atoms with Crippen LogP contribution in [0.2, 0.25) is 0 Å². The lowest BCUT2D eigenvalue weighted by atomic mass is 10.1. The third kappa shape index (κ3) is 13.9. The number of ether oxygens (including phenoxy) is 1. The lowest BCUT2D eigenvalue weighted by Gasteiger charge is -2.18. The van der Waals surface area contributed by atoms with Crippen molar-refractivity contribution < 1.29 is 41.1 Å². The molecule has 0 rings (SSSR count). The lowest BCUT2D eigenvalue weighted by Crippen LogP contribution is -2.50. The second kappa shape index (κ2) is 15.8. The number of hydrogen-bond donors (Lipinski definition) is 2. The molecular formula is C20H33F5N2O4. The zero-order valence-corrected chi connectivity index (χ0v) is 17.9. The van der Waals surface area contributed by atoms with Gasteiger partial charge in [-0.1, -0.05) is 58.3 Å². The van der Waals surface area contributed by atoms with Crippen molar-refractivity contribution in [2.75, 3.05) is 19.7 Å². The minimum absolute atomic E-state index is 0.0674. The van der Waals surface area contributed by atoms with E-state index >= 15 is 0 Å². The molecule has 2 amide bonds. The number of rotatable bonds is 17. The second-order valence-electron chi connectivity index (χ2n) is 7.23. The van der Waals surface area contributed by atoms with Gasteiger partial charge >= 0.3 is 18.1 Å². The fourth-order valence-corrected chi connectivity index (χ4v) is 2.59. The summed E-state index contributed by atoms with van der Waals surface area (Å²) in [6, 6.07) is 0. The van der Waals surface area contributed by atoms with Crippen LogP contribution in [0.25, 0.3) is 0 Å². The van der Waals surface area contributed by atoms with Crippen molar-refractivity contribution in [3.63, 3.8) is 0 Å². The van der Waals surface area contributed by atoms with E-state index in [1.807, 2.05) is 0 Å². The molecule has 6 nitrogen and oxygen atoms in total. The van der Waals surface area contributed by atoms with Crippen LogP contribution in [0.4, 0.5) is 22.0 Å². The average molecular weight is 460 g/mol. The number of carbonyl (C=O) groups is 3. The maximum atomic E-state index is 12.7. The summed E-state index contributed by atoms with van der Waals surface area (Å²) in [6.45, 7) is 1.71. The molecule has 0 aromatic rings. The van der Waals surface area contributed by atoms with E-state index in [-0.39, 0.29) is 13.0 Å². The van der Waals surface area contributed by atoms with E-state index in [1.165, 1.54) is 37.4 Å². The molecular weight excluding hydrogens is 427 g/mol. The number of amides is 2. The number of nitrogens with one attached hydrogen (secondary N) is 2. The van der Waals surface area contributed by atoms with Crippen LogP contribution in [-0.2, 0) is 19.1 Å². The number of esters is 1. The van der Waals surface area contributed by atoms with E-state index in [4.69, 9.17) is 4.74 Å². The summed E-state index contributed by atoms with van der Waals surface area (Å²) < 4.78 is 66.4. The van der Waals surface area contributed by atoms with Crippen molar-refractivity contribution in [3.8, 4) is 0 Å². The summed E-state index contributed by atoms with van der Waals surface area (Å²) in [5, 5.41) is 3.65. The molecule has 0 atom stereocenters. The Hall–Kier alpha value is -1.94. The highest BCUT2D eigenvalue weighted by atomic mass is 19.4. The van der Waals surface area contributed by atoms with Crippen molar-refractivity contribution in [1.29, 1.82) is 0 Å². The molecule has 182 valence electrons. The van der Waals surface area contributed by atoms with Gasteiger partial charge in [-0.15, -0.1) is 0 Å². The van der Waals surface area contributed by atoms with Gasteiger partial charge in [-0.2, -0.15) is 22.0 Å². The summed E-state index contributed by atoms with van der Waals surface area (Å²) in [4.78, 5) is 33.9. The van der Waals surface area contributed by atoms with Crippen LogP contribution in [-0.4, -0.2) is 49.6 Å². The Morgan fingerprint density at radius 3 is 1.81 bits per heavy atom. The highest BCUT2D eigenvalue weighted by molar-refractivity contribution is 5.85. The highest BCUT2D eigenvalue weighted by Crippen LogP contribution is 2.35. The molecule has 11 heteroatoms. The standard InChI is InChI=1S/C20H33F5N2O4/c1-2-3-4-5-6-7-8-9-10-15-31-17(29)12-14-26-16(28)11-13-27-18(30)19(21,22)20(23,24)25/h2-15H2,1H3,(H,26,28)(H,27,30). The molecule has 0 saturated heterocycles. The first-order chi connectivity index (χ1) is 14.5. The van der Waals surface area contributed by atoms with Crippen LogP contribution in [0.5, 0.6) is 0 Å². The van der Waals surface area contributed by atoms with Crippen molar-refractivity contribution in [2.24, 2.45) is 0 Å². The molecule has 0 aromatic carbocycles. The number of carbonyl (C=O) groups excluding carboxylic acids is 3. The van der Waals surface area contributed by atoms with Crippen molar-refractivity contribution in [1.82, 2.24) is 10.6 Å². The van der Waals surface area contributed by atoms with Crippen LogP contribution in [0, 0.1) is 0 Å². The summed E-state index contributed by atoms with van der Waals surface area (Å²) in [5.74, 6) is -9.25. The van der Waals surface area contributed by atoms with Crippen molar-refractivity contribution in [2.45, 2.75) is 89.7 Å². The van der Waals surface area contributed by atoms with Gasteiger partial charge in [0.2, 0.25) is 5.91 Å². The maximum Gasteiger partial charge on any atom is 0.463 e. The quantitative estimate of drug-likeness (QED) is 0.193. The van der Waals surface area contributed by atoms with Crippen LogP contribution in [0.15, 0.2) is 0 Å². The van der Waals surface area contributed by atoms with E-state index in [0.717, 1.165) is 25.7 Å². The SMILES string of the molecule is CCCCCCCCCCCOC(=O)CCNC(=O)CCNC(=O)C(F)(F)C(F)(F)F. The number of hydrogen-bond acceptors (Lipinski definition) is 4. The molecule has 0 aliphatic heterocycles. The number of halogens is 5. The minimum atomic E-state index is -6.01. The van der Waals surface area contributed by atoms with Crippen LogP contribution in [0.3, 0.4) is 0 Å². The fraction of sp³-hybridized carbons (Fsp3) is 0.850. The van der Waals surface area contributed by atoms with E-state index in [0.29, 0.717) is 6.61 Å². The minimum Gasteiger partial charge on any atom is -0.466 e. The van der Waals surface area contributed by atoms with E-state index in [2.05, 4.69) is 12.2 Å². The molecule has 0 spiro atoms. The first-order valence-electron chi connectivity index (χ1n) is 10.7. The largest absolute Gasteiger partial charge is 0.466 e. The molecule has 0 aliphatic rings. The zero-order valence-electron chi connectivity index (χ0n) is 17.9. The predicted molar refractivity (Wildman–Crippen MR) is 104 cm³/mol. The summed E-state index contributed by atoms with van der Waals surface area (Å²) >= 11 is 0. The van der Waals surface area contributed by atoms with Crippen molar-refractivity contribution >= 4 is 17.8 Å². The predicted octanol–water partition coefficient (Wildman–Crippen LogP) is 4.27. The van der Waals surface area contributed by atoms with E-state index < -0.39 is 42.8 Å². The third-order valence-electron chi connectivity index (χ3n) is 4.44. The normalized spacial score (nSPS) is 11.8. The summed E-state index contributed by atoms with van der Waals surface area (Å²) in [5.41, 5.74) is 0. The molecule has 0 radical (unpaired) electrons. The molecule has 0 saturated carbocycles. The highest BCUT2D eigenvalue weighted by Gasteiger charge is 2.63. The van der Waals surface area contributed by atoms with E-state index in [1.54, 1.807) is 0 Å². The molecule has 0 fully saturated rings.